The van der Waals surface area contributed by atoms with Gasteiger partial charge in [0.05, 0.1) is 12.5 Å². The minimum absolute atomic E-state index is 0.0706. The summed E-state index contributed by atoms with van der Waals surface area (Å²) in [5.41, 5.74) is 0. The van der Waals surface area contributed by atoms with Gasteiger partial charge in [-0.25, -0.2) is 0 Å². The van der Waals surface area contributed by atoms with Gasteiger partial charge in [-0.15, -0.1) is 0 Å². The zero-order valence-corrected chi connectivity index (χ0v) is 10.3. The Morgan fingerprint density at radius 2 is 2.15 bits per heavy atom. The van der Waals surface area contributed by atoms with Crippen molar-refractivity contribution in [1.29, 1.82) is 0 Å². The second-order valence-electron chi connectivity index (χ2n) is 3.36. The van der Waals surface area contributed by atoms with Crippen LogP contribution in [0.3, 0.4) is 0 Å². The van der Waals surface area contributed by atoms with E-state index in [0.717, 1.165) is 0 Å². The van der Waals surface area contributed by atoms with E-state index in [1.165, 1.54) is 23.0 Å². The molecule has 0 aromatic heterocycles. The molecule has 0 amide bonds. The highest BCUT2D eigenvalue weighted by Gasteiger charge is 2.15. The van der Waals surface area contributed by atoms with Crippen LogP contribution in [0.5, 0.6) is 0 Å². The van der Waals surface area contributed by atoms with Gasteiger partial charge < -0.3 is 13.1 Å². The van der Waals surface area contributed by atoms with Gasteiger partial charge in [-0.2, -0.15) is 0 Å². The van der Waals surface area contributed by atoms with E-state index in [0.29, 0.717) is 6.42 Å². The number of carbonyl (C=O) groups excluding carboxylic acids is 1. The van der Waals surface area contributed by atoms with Crippen LogP contribution in [0, 0.1) is 0 Å². The van der Waals surface area contributed by atoms with Gasteiger partial charge >= 0.3 is 5.97 Å². The van der Waals surface area contributed by atoms with Gasteiger partial charge in [-0.3, -0.25) is 4.79 Å². The normalized spacial score (nSPS) is 15.5. The van der Waals surface area contributed by atoms with Gasteiger partial charge in [0.25, 0.3) is 0 Å². The standard InChI is InChI=1S/C8H16INO3/c1-6(10(2)3)4-7(11)5-8(12)13-9/h6-7,11H,4-5H2,1-3H3. The second kappa shape index (κ2) is 6.56. The highest BCUT2D eigenvalue weighted by molar-refractivity contribution is 14.1. The predicted octanol–water partition coefficient (Wildman–Crippen LogP) is 0.971. The molecule has 2 atom stereocenters. The molecule has 13 heavy (non-hydrogen) atoms. The molecule has 0 aromatic carbocycles. The van der Waals surface area contributed by atoms with Crippen LogP contribution in [-0.4, -0.2) is 42.2 Å². The third-order valence-corrected chi connectivity index (χ3v) is 2.47. The summed E-state index contributed by atoms with van der Waals surface area (Å²) >= 11 is 1.52. The van der Waals surface area contributed by atoms with Crippen LogP contribution in [0.1, 0.15) is 19.8 Å². The Morgan fingerprint density at radius 1 is 1.62 bits per heavy atom. The fraction of sp³-hybridized carbons (Fsp3) is 0.875. The lowest BCUT2D eigenvalue weighted by Crippen LogP contribution is -2.29. The van der Waals surface area contributed by atoms with Crippen LogP contribution in [0.4, 0.5) is 0 Å². The van der Waals surface area contributed by atoms with Crippen LogP contribution < -0.4 is 0 Å². The third kappa shape index (κ3) is 6.23. The molecule has 78 valence electrons. The zero-order chi connectivity index (χ0) is 10.4. The number of aliphatic hydroxyl groups is 1. The summed E-state index contributed by atoms with van der Waals surface area (Å²) < 4.78 is 4.42. The van der Waals surface area contributed by atoms with E-state index in [4.69, 9.17) is 0 Å². The Labute approximate surface area is 92.9 Å². The SMILES string of the molecule is CC(CC(O)CC(=O)OI)N(C)C. The Balaban J connectivity index is 3.73. The molecule has 0 aliphatic carbocycles. The van der Waals surface area contributed by atoms with Gasteiger partial charge in [0.15, 0.2) is 23.0 Å². The summed E-state index contributed by atoms with van der Waals surface area (Å²) in [6, 6.07) is 0.261. The molecule has 2 unspecified atom stereocenters. The maximum atomic E-state index is 10.8. The summed E-state index contributed by atoms with van der Waals surface area (Å²) in [5.74, 6) is -0.376. The van der Waals surface area contributed by atoms with Gasteiger partial charge in [0.2, 0.25) is 0 Å². The van der Waals surface area contributed by atoms with Crippen molar-refractivity contribution in [2.45, 2.75) is 31.9 Å². The molecule has 0 aromatic rings. The first-order valence-electron chi connectivity index (χ1n) is 4.13. The minimum Gasteiger partial charge on any atom is -0.394 e. The monoisotopic (exact) mass is 301 g/mol. The molecule has 0 aliphatic rings. The van der Waals surface area contributed by atoms with E-state index in [-0.39, 0.29) is 18.4 Å². The predicted molar refractivity (Wildman–Crippen MR) is 58.5 cm³/mol. The molecule has 0 saturated carbocycles. The van der Waals surface area contributed by atoms with Crippen LogP contribution in [0.25, 0.3) is 0 Å². The number of hydrogen-bond donors (Lipinski definition) is 1. The molecule has 0 aliphatic heterocycles. The molecule has 0 fully saturated rings. The lowest BCUT2D eigenvalue weighted by molar-refractivity contribution is -0.133. The smallest absolute Gasteiger partial charge is 0.317 e. The first kappa shape index (κ1) is 13.1. The quantitative estimate of drug-likeness (QED) is 0.769. The summed E-state index contributed by atoms with van der Waals surface area (Å²) in [7, 11) is 3.88. The van der Waals surface area contributed by atoms with Gasteiger partial charge in [0, 0.05) is 6.04 Å². The van der Waals surface area contributed by atoms with Crippen molar-refractivity contribution in [3.05, 3.63) is 0 Å². The number of nitrogens with zero attached hydrogens (tertiary/aromatic N) is 1. The van der Waals surface area contributed by atoms with Crippen LogP contribution in [0.2, 0.25) is 0 Å². The fourth-order valence-corrected chi connectivity index (χ4v) is 1.09. The Morgan fingerprint density at radius 3 is 2.54 bits per heavy atom. The number of aliphatic hydroxyl groups excluding tert-OH is 1. The van der Waals surface area contributed by atoms with E-state index in [1.807, 2.05) is 25.9 Å². The number of hydrogen-bond acceptors (Lipinski definition) is 4. The molecule has 0 saturated heterocycles. The van der Waals surface area contributed by atoms with Crippen molar-refractivity contribution in [1.82, 2.24) is 4.90 Å². The Kier molecular flexibility index (Phi) is 6.62. The number of halogens is 1. The van der Waals surface area contributed by atoms with Gasteiger partial charge in [0.1, 0.15) is 0 Å². The fourth-order valence-electron chi connectivity index (χ4n) is 0.912. The van der Waals surface area contributed by atoms with Gasteiger partial charge in [-0.1, -0.05) is 0 Å². The molecule has 5 heteroatoms. The molecule has 0 radical (unpaired) electrons. The number of rotatable bonds is 5. The van der Waals surface area contributed by atoms with Crippen LogP contribution in [0.15, 0.2) is 0 Å². The van der Waals surface area contributed by atoms with Crippen molar-refractivity contribution in [3.8, 4) is 0 Å². The minimum atomic E-state index is -0.611. The van der Waals surface area contributed by atoms with Crippen LogP contribution >= 0.6 is 23.0 Å². The van der Waals surface area contributed by atoms with Crippen molar-refractivity contribution < 1.29 is 13.0 Å². The summed E-state index contributed by atoms with van der Waals surface area (Å²) in [6.07, 6.45) is 0.0412. The van der Waals surface area contributed by atoms with E-state index in [1.54, 1.807) is 0 Å². The maximum absolute atomic E-state index is 10.8. The second-order valence-corrected chi connectivity index (χ2v) is 3.80. The highest BCUT2D eigenvalue weighted by Crippen LogP contribution is 2.07. The largest absolute Gasteiger partial charge is 0.394 e. The molecule has 1 N–H and O–H groups in total. The van der Waals surface area contributed by atoms with Crippen LogP contribution in [-0.2, 0) is 7.86 Å². The highest BCUT2D eigenvalue weighted by atomic mass is 127. The summed E-state index contributed by atoms with van der Waals surface area (Å²) in [5, 5.41) is 9.44. The summed E-state index contributed by atoms with van der Waals surface area (Å²) in [6.45, 7) is 2.00. The van der Waals surface area contributed by atoms with Crippen molar-refractivity contribution in [2.75, 3.05) is 14.1 Å². The lowest BCUT2D eigenvalue weighted by Gasteiger charge is -2.21. The van der Waals surface area contributed by atoms with E-state index in [9.17, 15) is 9.90 Å². The molecule has 0 rings (SSSR count). The van der Waals surface area contributed by atoms with E-state index in [2.05, 4.69) is 3.07 Å². The third-order valence-electron chi connectivity index (χ3n) is 1.98. The molecule has 0 heterocycles. The van der Waals surface area contributed by atoms with Crippen molar-refractivity contribution in [2.24, 2.45) is 0 Å². The molecular weight excluding hydrogens is 285 g/mol. The Bertz CT molecular complexity index is 163. The molecule has 0 bridgehead atoms. The molecule has 4 nitrogen and oxygen atoms in total. The zero-order valence-electron chi connectivity index (χ0n) is 8.16. The summed E-state index contributed by atoms with van der Waals surface area (Å²) in [4.78, 5) is 12.8. The van der Waals surface area contributed by atoms with E-state index >= 15 is 0 Å². The van der Waals surface area contributed by atoms with Gasteiger partial charge in [-0.05, 0) is 27.4 Å². The molecular formula is C8H16INO3. The van der Waals surface area contributed by atoms with E-state index < -0.39 is 6.10 Å². The Hall–Kier alpha value is 0.120. The lowest BCUT2D eigenvalue weighted by atomic mass is 10.1. The first-order chi connectivity index (χ1) is 5.97. The first-order valence-corrected chi connectivity index (χ1v) is 5.01. The number of carbonyl (C=O) groups is 1. The molecule has 0 spiro atoms. The van der Waals surface area contributed by atoms with Crippen molar-refractivity contribution >= 4 is 29.0 Å². The van der Waals surface area contributed by atoms with Crippen molar-refractivity contribution in [3.63, 3.8) is 0 Å². The average molecular weight is 301 g/mol. The topological polar surface area (TPSA) is 49.8 Å². The average Bonchev–Trinajstić information content (AvgIpc) is 2.03. The maximum Gasteiger partial charge on any atom is 0.317 e.